The summed E-state index contributed by atoms with van der Waals surface area (Å²) in [6, 6.07) is 0. The fourth-order valence-electron chi connectivity index (χ4n) is 2.90. The van der Waals surface area contributed by atoms with E-state index in [0.29, 0.717) is 13.0 Å². The number of halogens is 1. The Morgan fingerprint density at radius 2 is 2.00 bits per heavy atom. The van der Waals surface area contributed by atoms with Crippen LogP contribution in [0.3, 0.4) is 0 Å². The molecule has 0 atom stereocenters. The van der Waals surface area contributed by atoms with E-state index in [9.17, 15) is 4.39 Å². The van der Waals surface area contributed by atoms with E-state index in [0.717, 1.165) is 12.5 Å². The molecule has 1 aliphatic rings. The maximum absolute atomic E-state index is 12.2. The van der Waals surface area contributed by atoms with Crippen molar-refractivity contribution in [3.8, 4) is 0 Å². The van der Waals surface area contributed by atoms with E-state index in [1.165, 1.54) is 32.1 Å². The van der Waals surface area contributed by atoms with Gasteiger partial charge in [-0.05, 0) is 45.1 Å². The largest absolute Gasteiger partial charge is 0.329 e. The molecule has 0 aromatic heterocycles. The van der Waals surface area contributed by atoms with Crippen molar-refractivity contribution >= 4 is 0 Å². The number of rotatable bonds is 6. The minimum atomic E-state index is -0.220. The first-order chi connectivity index (χ1) is 7.68. The molecule has 2 nitrogen and oxygen atoms in total. The summed E-state index contributed by atoms with van der Waals surface area (Å²) in [7, 11) is 2.11. The summed E-state index contributed by atoms with van der Waals surface area (Å²) < 4.78 is 12.2. The molecular formula is C13H27FN2. The van der Waals surface area contributed by atoms with Gasteiger partial charge in [-0.15, -0.1) is 0 Å². The average Bonchev–Trinajstić information content (AvgIpc) is 2.35. The van der Waals surface area contributed by atoms with Crippen molar-refractivity contribution in [2.24, 2.45) is 11.7 Å². The van der Waals surface area contributed by atoms with Crippen molar-refractivity contribution in [1.29, 1.82) is 0 Å². The zero-order valence-electron chi connectivity index (χ0n) is 10.8. The molecule has 0 unspecified atom stereocenters. The summed E-state index contributed by atoms with van der Waals surface area (Å²) >= 11 is 0. The molecule has 1 fully saturated rings. The van der Waals surface area contributed by atoms with Crippen LogP contribution in [0.2, 0.25) is 0 Å². The van der Waals surface area contributed by atoms with E-state index in [1.807, 2.05) is 0 Å². The second-order valence-electron chi connectivity index (χ2n) is 5.24. The van der Waals surface area contributed by atoms with E-state index in [1.54, 1.807) is 0 Å². The Morgan fingerprint density at radius 3 is 2.44 bits per heavy atom. The molecule has 0 aromatic carbocycles. The van der Waals surface area contributed by atoms with Crippen LogP contribution in [-0.2, 0) is 0 Å². The first-order valence-corrected chi connectivity index (χ1v) is 6.66. The lowest BCUT2D eigenvalue weighted by Gasteiger charge is -2.46. The van der Waals surface area contributed by atoms with Crippen LogP contribution < -0.4 is 5.73 Å². The molecule has 0 heterocycles. The smallest absolute Gasteiger partial charge is 0.0906 e. The highest BCUT2D eigenvalue weighted by Crippen LogP contribution is 2.36. The molecule has 0 saturated heterocycles. The second-order valence-corrected chi connectivity index (χ2v) is 5.24. The molecule has 1 saturated carbocycles. The van der Waals surface area contributed by atoms with E-state index in [-0.39, 0.29) is 12.2 Å². The normalized spacial score (nSPS) is 30.9. The van der Waals surface area contributed by atoms with Crippen LogP contribution in [0.1, 0.15) is 45.4 Å². The van der Waals surface area contributed by atoms with Gasteiger partial charge in [-0.2, -0.15) is 0 Å². The lowest BCUT2D eigenvalue weighted by atomic mass is 9.74. The van der Waals surface area contributed by atoms with Crippen molar-refractivity contribution in [1.82, 2.24) is 4.90 Å². The highest BCUT2D eigenvalue weighted by molar-refractivity contribution is 4.94. The van der Waals surface area contributed by atoms with Crippen molar-refractivity contribution < 1.29 is 4.39 Å². The van der Waals surface area contributed by atoms with Crippen LogP contribution in [0.25, 0.3) is 0 Å². The summed E-state index contributed by atoms with van der Waals surface area (Å²) in [5.41, 5.74) is 6.12. The second kappa shape index (κ2) is 6.55. The maximum Gasteiger partial charge on any atom is 0.0906 e. The fourth-order valence-corrected chi connectivity index (χ4v) is 2.90. The zero-order chi connectivity index (χ0) is 12.0. The quantitative estimate of drug-likeness (QED) is 0.760. The van der Waals surface area contributed by atoms with Gasteiger partial charge in [-0.1, -0.05) is 13.3 Å². The Morgan fingerprint density at radius 1 is 1.38 bits per heavy atom. The van der Waals surface area contributed by atoms with E-state index in [2.05, 4.69) is 18.9 Å². The Balaban J connectivity index is 2.51. The van der Waals surface area contributed by atoms with Crippen LogP contribution in [0.5, 0.6) is 0 Å². The first kappa shape index (κ1) is 13.9. The Labute approximate surface area is 99.4 Å². The van der Waals surface area contributed by atoms with E-state index < -0.39 is 0 Å². The number of hydrogen-bond donors (Lipinski definition) is 1. The van der Waals surface area contributed by atoms with Gasteiger partial charge in [0, 0.05) is 18.6 Å². The molecule has 1 rings (SSSR count). The minimum Gasteiger partial charge on any atom is -0.329 e. The Kier molecular flexibility index (Phi) is 5.70. The van der Waals surface area contributed by atoms with Gasteiger partial charge in [0.2, 0.25) is 0 Å². The zero-order valence-corrected chi connectivity index (χ0v) is 10.8. The third-order valence-corrected chi connectivity index (χ3v) is 4.43. The predicted molar refractivity (Wildman–Crippen MR) is 67.3 cm³/mol. The fraction of sp³-hybridized carbons (Fsp3) is 1.00. The third-order valence-electron chi connectivity index (χ3n) is 4.43. The molecular weight excluding hydrogens is 203 g/mol. The van der Waals surface area contributed by atoms with Gasteiger partial charge in [0.15, 0.2) is 0 Å². The Hall–Kier alpha value is -0.150. The number of hydrogen-bond acceptors (Lipinski definition) is 2. The molecule has 1 aliphatic carbocycles. The van der Waals surface area contributed by atoms with Gasteiger partial charge in [-0.3, -0.25) is 9.29 Å². The molecule has 0 bridgehead atoms. The lowest BCUT2D eigenvalue weighted by molar-refractivity contribution is 0.0617. The molecule has 0 aromatic rings. The number of alkyl halides is 1. The van der Waals surface area contributed by atoms with Crippen molar-refractivity contribution in [2.45, 2.75) is 51.0 Å². The SMILES string of the molecule is CCC1CCC(CN)(N(C)CCCF)CC1. The third kappa shape index (κ3) is 3.17. The summed E-state index contributed by atoms with van der Waals surface area (Å²) in [5.74, 6) is 0.884. The van der Waals surface area contributed by atoms with Crippen molar-refractivity contribution in [2.75, 3.05) is 26.8 Å². The lowest BCUT2D eigenvalue weighted by Crippen LogP contribution is -2.54. The van der Waals surface area contributed by atoms with Crippen LogP contribution in [0, 0.1) is 5.92 Å². The standard InChI is InChI=1S/C13H27FN2/c1-3-12-5-7-13(11-15,8-6-12)16(2)10-4-9-14/h12H,3-11,15H2,1-2H3. The summed E-state index contributed by atoms with van der Waals surface area (Å²) in [4.78, 5) is 2.30. The number of nitrogens with zero attached hydrogens (tertiary/aromatic N) is 1. The van der Waals surface area contributed by atoms with Gasteiger partial charge in [0.1, 0.15) is 0 Å². The van der Waals surface area contributed by atoms with Gasteiger partial charge in [-0.25, -0.2) is 0 Å². The molecule has 3 heteroatoms. The van der Waals surface area contributed by atoms with Crippen LogP contribution >= 0.6 is 0 Å². The number of nitrogens with two attached hydrogens (primary N) is 1. The summed E-state index contributed by atoms with van der Waals surface area (Å²) in [6.45, 7) is 3.60. The topological polar surface area (TPSA) is 29.3 Å². The predicted octanol–water partition coefficient (Wildman–Crippen LogP) is 2.58. The highest BCUT2D eigenvalue weighted by Gasteiger charge is 2.36. The molecule has 0 radical (unpaired) electrons. The minimum absolute atomic E-state index is 0.154. The van der Waals surface area contributed by atoms with Gasteiger partial charge in [0.05, 0.1) is 6.67 Å². The molecule has 0 amide bonds. The van der Waals surface area contributed by atoms with Crippen molar-refractivity contribution in [3.05, 3.63) is 0 Å². The Bertz CT molecular complexity index is 188. The molecule has 0 spiro atoms. The average molecular weight is 230 g/mol. The van der Waals surface area contributed by atoms with Crippen LogP contribution in [0.4, 0.5) is 4.39 Å². The summed E-state index contributed by atoms with van der Waals surface area (Å²) in [6.07, 6.45) is 6.86. The molecule has 2 N–H and O–H groups in total. The van der Waals surface area contributed by atoms with Gasteiger partial charge < -0.3 is 5.73 Å². The van der Waals surface area contributed by atoms with Crippen molar-refractivity contribution in [3.63, 3.8) is 0 Å². The van der Waals surface area contributed by atoms with Crippen LogP contribution in [0.15, 0.2) is 0 Å². The van der Waals surface area contributed by atoms with E-state index in [4.69, 9.17) is 5.73 Å². The highest BCUT2D eigenvalue weighted by atomic mass is 19.1. The molecule has 96 valence electrons. The van der Waals surface area contributed by atoms with E-state index >= 15 is 0 Å². The molecule has 16 heavy (non-hydrogen) atoms. The molecule has 0 aliphatic heterocycles. The monoisotopic (exact) mass is 230 g/mol. The maximum atomic E-state index is 12.2. The first-order valence-electron chi connectivity index (χ1n) is 6.66. The summed E-state index contributed by atoms with van der Waals surface area (Å²) in [5, 5.41) is 0. The number of likely N-dealkylation sites (N-methyl/N-ethyl adjacent to an activating group) is 1. The van der Waals surface area contributed by atoms with Crippen LogP contribution in [-0.4, -0.2) is 37.3 Å². The van der Waals surface area contributed by atoms with Gasteiger partial charge >= 0.3 is 0 Å². The van der Waals surface area contributed by atoms with Gasteiger partial charge in [0.25, 0.3) is 0 Å².